The van der Waals surface area contributed by atoms with E-state index in [1.807, 2.05) is 18.7 Å². The minimum absolute atomic E-state index is 0.0587. The summed E-state index contributed by atoms with van der Waals surface area (Å²) in [6.07, 6.45) is 6.39. The minimum atomic E-state index is -0.750. The minimum Gasteiger partial charge on any atom is -0.369 e. The fourth-order valence-corrected chi connectivity index (χ4v) is 3.57. The van der Waals surface area contributed by atoms with Gasteiger partial charge in [0.25, 0.3) is 5.91 Å². The Morgan fingerprint density at radius 1 is 1.35 bits per heavy atom. The summed E-state index contributed by atoms with van der Waals surface area (Å²) in [7, 11) is 1.60. The van der Waals surface area contributed by atoms with Crippen molar-refractivity contribution in [3.8, 4) is 0 Å². The fourth-order valence-electron chi connectivity index (χ4n) is 3.57. The van der Waals surface area contributed by atoms with Crippen LogP contribution in [0.25, 0.3) is 0 Å². The molecule has 3 atom stereocenters. The van der Waals surface area contributed by atoms with Crippen molar-refractivity contribution in [1.82, 2.24) is 4.90 Å². The van der Waals surface area contributed by atoms with E-state index in [0.29, 0.717) is 18.6 Å². The van der Waals surface area contributed by atoms with Crippen LogP contribution in [0.4, 0.5) is 0 Å². The van der Waals surface area contributed by atoms with E-state index in [2.05, 4.69) is 0 Å². The molecule has 0 aromatic carbocycles. The molecular weight excluding hydrogens is 254 g/mol. The first kappa shape index (κ1) is 15.5. The molecule has 114 valence electrons. The van der Waals surface area contributed by atoms with Gasteiger partial charge in [0.2, 0.25) is 0 Å². The van der Waals surface area contributed by atoms with E-state index in [1.165, 1.54) is 0 Å². The molecule has 2 rings (SSSR count). The molecule has 1 aliphatic carbocycles. The highest BCUT2D eigenvalue weighted by atomic mass is 16.5. The third-order valence-corrected chi connectivity index (χ3v) is 5.20. The number of ether oxygens (including phenoxy) is 1. The Kier molecular flexibility index (Phi) is 4.84. The standard InChI is InChI=1S/C16H27NO3/c1-4-16(2,20-3)15(19)17-11-7-9-13(17)12-8-5-6-10-14(12)18/h12-13H,4-11H2,1-3H3. The quantitative estimate of drug-likeness (QED) is 0.795. The zero-order valence-corrected chi connectivity index (χ0v) is 13.0. The molecule has 2 aliphatic rings. The number of rotatable bonds is 4. The molecule has 20 heavy (non-hydrogen) atoms. The van der Waals surface area contributed by atoms with Gasteiger partial charge >= 0.3 is 0 Å². The lowest BCUT2D eigenvalue weighted by Gasteiger charge is -2.37. The van der Waals surface area contributed by atoms with Crippen molar-refractivity contribution < 1.29 is 14.3 Å². The van der Waals surface area contributed by atoms with Crippen LogP contribution in [-0.2, 0) is 14.3 Å². The van der Waals surface area contributed by atoms with Crippen molar-refractivity contribution in [2.75, 3.05) is 13.7 Å². The number of ketones is 1. The van der Waals surface area contributed by atoms with Crippen LogP contribution in [0.1, 0.15) is 58.8 Å². The summed E-state index contributed by atoms with van der Waals surface area (Å²) in [6.45, 7) is 4.60. The third kappa shape index (κ3) is 2.76. The maximum Gasteiger partial charge on any atom is 0.254 e. The second-order valence-corrected chi connectivity index (χ2v) is 6.32. The van der Waals surface area contributed by atoms with Crippen LogP contribution >= 0.6 is 0 Å². The fraction of sp³-hybridized carbons (Fsp3) is 0.875. The molecular formula is C16H27NO3. The van der Waals surface area contributed by atoms with Crippen molar-refractivity contribution in [2.24, 2.45) is 5.92 Å². The van der Waals surface area contributed by atoms with Gasteiger partial charge in [-0.2, -0.15) is 0 Å². The van der Waals surface area contributed by atoms with E-state index >= 15 is 0 Å². The molecule has 0 N–H and O–H groups in total. The normalized spacial score (nSPS) is 30.4. The summed E-state index contributed by atoms with van der Waals surface area (Å²) in [5.74, 6) is 0.480. The number of methoxy groups -OCH3 is 1. The number of hydrogen-bond donors (Lipinski definition) is 0. The number of carbonyl (C=O) groups is 2. The summed E-state index contributed by atoms with van der Waals surface area (Å²) < 4.78 is 5.45. The average Bonchev–Trinajstić information content (AvgIpc) is 2.95. The monoisotopic (exact) mass is 281 g/mol. The zero-order valence-electron chi connectivity index (χ0n) is 13.0. The molecule has 0 spiro atoms. The number of Topliss-reactive ketones (excluding diaryl/α,β-unsaturated/α-hetero) is 1. The van der Waals surface area contributed by atoms with Gasteiger partial charge in [-0.15, -0.1) is 0 Å². The van der Waals surface area contributed by atoms with Gasteiger partial charge in [-0.1, -0.05) is 13.3 Å². The van der Waals surface area contributed by atoms with Gasteiger partial charge in [0, 0.05) is 32.0 Å². The summed E-state index contributed by atoms with van der Waals surface area (Å²) in [6, 6.07) is 0.108. The van der Waals surface area contributed by atoms with Crippen molar-refractivity contribution in [1.29, 1.82) is 0 Å². The Morgan fingerprint density at radius 2 is 2.10 bits per heavy atom. The second-order valence-electron chi connectivity index (χ2n) is 6.32. The molecule has 1 heterocycles. The van der Waals surface area contributed by atoms with Crippen LogP contribution in [0.3, 0.4) is 0 Å². The van der Waals surface area contributed by atoms with Gasteiger partial charge in [-0.05, 0) is 39.0 Å². The number of nitrogens with zero attached hydrogens (tertiary/aromatic N) is 1. The summed E-state index contributed by atoms with van der Waals surface area (Å²) in [4.78, 5) is 26.9. The predicted octanol–water partition coefficient (Wildman–Crippen LogP) is 2.55. The molecule has 4 heteroatoms. The first-order chi connectivity index (χ1) is 9.53. The molecule has 0 bridgehead atoms. The molecule has 1 aliphatic heterocycles. The molecule has 4 nitrogen and oxygen atoms in total. The van der Waals surface area contributed by atoms with Gasteiger partial charge in [0.1, 0.15) is 11.4 Å². The topological polar surface area (TPSA) is 46.6 Å². The molecule has 1 saturated carbocycles. The Labute approximate surface area is 121 Å². The Hall–Kier alpha value is -0.900. The van der Waals surface area contributed by atoms with Gasteiger partial charge in [0.05, 0.1) is 0 Å². The largest absolute Gasteiger partial charge is 0.369 e. The van der Waals surface area contributed by atoms with Crippen LogP contribution in [0.5, 0.6) is 0 Å². The van der Waals surface area contributed by atoms with E-state index < -0.39 is 5.60 Å². The van der Waals surface area contributed by atoms with Crippen LogP contribution in [0.2, 0.25) is 0 Å². The highest BCUT2D eigenvalue weighted by molar-refractivity contribution is 5.87. The van der Waals surface area contributed by atoms with E-state index in [1.54, 1.807) is 7.11 Å². The molecule has 0 radical (unpaired) electrons. The van der Waals surface area contributed by atoms with Gasteiger partial charge in [-0.3, -0.25) is 9.59 Å². The SMILES string of the molecule is CCC(C)(OC)C(=O)N1CCCC1C1CCCCC1=O. The zero-order chi connectivity index (χ0) is 14.8. The first-order valence-electron chi connectivity index (χ1n) is 7.92. The Bertz CT molecular complexity index is 376. The molecule has 3 unspecified atom stereocenters. The van der Waals surface area contributed by atoms with Gasteiger partial charge in [-0.25, -0.2) is 0 Å². The maximum absolute atomic E-state index is 12.8. The van der Waals surface area contributed by atoms with Crippen LogP contribution in [-0.4, -0.2) is 41.9 Å². The number of likely N-dealkylation sites (tertiary alicyclic amines) is 1. The van der Waals surface area contributed by atoms with E-state index in [9.17, 15) is 9.59 Å². The highest BCUT2D eigenvalue weighted by Gasteiger charge is 2.44. The lowest BCUT2D eigenvalue weighted by Crippen LogP contribution is -2.52. The second kappa shape index (κ2) is 6.25. The number of carbonyl (C=O) groups excluding carboxylic acids is 2. The molecule has 1 amide bonds. The van der Waals surface area contributed by atoms with Crippen LogP contribution < -0.4 is 0 Å². The van der Waals surface area contributed by atoms with Crippen molar-refractivity contribution in [3.05, 3.63) is 0 Å². The van der Waals surface area contributed by atoms with E-state index in [-0.39, 0.29) is 17.9 Å². The Morgan fingerprint density at radius 3 is 2.70 bits per heavy atom. The van der Waals surface area contributed by atoms with Crippen molar-refractivity contribution in [2.45, 2.75) is 70.4 Å². The summed E-state index contributed by atoms with van der Waals surface area (Å²) in [5, 5.41) is 0. The third-order valence-electron chi connectivity index (χ3n) is 5.20. The van der Waals surface area contributed by atoms with Crippen LogP contribution in [0.15, 0.2) is 0 Å². The number of amides is 1. The van der Waals surface area contributed by atoms with Gasteiger partial charge < -0.3 is 9.64 Å². The van der Waals surface area contributed by atoms with Crippen molar-refractivity contribution in [3.63, 3.8) is 0 Å². The van der Waals surface area contributed by atoms with E-state index in [0.717, 1.165) is 38.6 Å². The predicted molar refractivity (Wildman–Crippen MR) is 77.4 cm³/mol. The smallest absolute Gasteiger partial charge is 0.254 e. The molecule has 0 aromatic rings. The van der Waals surface area contributed by atoms with Gasteiger partial charge in [0.15, 0.2) is 0 Å². The Balaban J connectivity index is 2.14. The molecule has 1 saturated heterocycles. The molecule has 0 aromatic heterocycles. The summed E-state index contributed by atoms with van der Waals surface area (Å²) in [5.41, 5.74) is -0.750. The van der Waals surface area contributed by atoms with E-state index in [4.69, 9.17) is 4.74 Å². The van der Waals surface area contributed by atoms with Crippen LogP contribution in [0, 0.1) is 5.92 Å². The lowest BCUT2D eigenvalue weighted by atomic mass is 9.81. The lowest BCUT2D eigenvalue weighted by molar-refractivity contribution is -0.156. The molecule has 2 fully saturated rings. The first-order valence-corrected chi connectivity index (χ1v) is 7.92. The maximum atomic E-state index is 12.8. The summed E-state index contributed by atoms with van der Waals surface area (Å²) >= 11 is 0. The average molecular weight is 281 g/mol. The van der Waals surface area contributed by atoms with Crippen molar-refractivity contribution >= 4 is 11.7 Å². The number of hydrogen-bond acceptors (Lipinski definition) is 3. The highest BCUT2D eigenvalue weighted by Crippen LogP contribution is 2.34.